The number of carbonyl (C=O) groups is 4. The van der Waals surface area contributed by atoms with Crippen LogP contribution in [0.5, 0.6) is 5.75 Å². The summed E-state index contributed by atoms with van der Waals surface area (Å²) in [4.78, 5) is 60.3. The first-order valence-corrected chi connectivity index (χ1v) is 17.9. The van der Waals surface area contributed by atoms with Gasteiger partial charge in [-0.2, -0.15) is 0 Å². The molecule has 48 heavy (non-hydrogen) atoms. The van der Waals surface area contributed by atoms with E-state index in [0.717, 1.165) is 25.7 Å². The Morgan fingerprint density at radius 1 is 1.06 bits per heavy atom. The summed E-state index contributed by atoms with van der Waals surface area (Å²) in [5, 5.41) is 3.25. The molecule has 4 aliphatic rings. The number of amides is 4. The summed E-state index contributed by atoms with van der Waals surface area (Å²) < 4.78 is 17.1. The smallest absolute Gasteiger partial charge is 0.410 e. The second kappa shape index (κ2) is 14.6. The van der Waals surface area contributed by atoms with E-state index in [2.05, 4.69) is 12.2 Å². The predicted octanol–water partition coefficient (Wildman–Crippen LogP) is 5.68. The van der Waals surface area contributed by atoms with E-state index in [1.807, 2.05) is 43.9 Å². The minimum atomic E-state index is -1.02. The number of ether oxygens (including phenoxy) is 3. The highest BCUT2D eigenvalue weighted by molar-refractivity contribution is 6.04. The lowest BCUT2D eigenvalue weighted by molar-refractivity contribution is -0.133. The Hall–Kier alpha value is -3.34. The van der Waals surface area contributed by atoms with Gasteiger partial charge in [0.2, 0.25) is 11.8 Å². The van der Waals surface area contributed by atoms with Gasteiger partial charge in [-0.05, 0) is 104 Å². The van der Waals surface area contributed by atoms with Crippen molar-refractivity contribution in [3.8, 4) is 5.75 Å². The molecule has 5 rings (SSSR count). The van der Waals surface area contributed by atoms with E-state index >= 15 is 0 Å². The summed E-state index contributed by atoms with van der Waals surface area (Å²) in [6.07, 6.45) is 7.99. The van der Waals surface area contributed by atoms with Crippen LogP contribution < -0.4 is 19.9 Å². The van der Waals surface area contributed by atoms with Crippen molar-refractivity contribution in [2.75, 3.05) is 43.2 Å². The molecule has 0 spiro atoms. The zero-order valence-electron chi connectivity index (χ0n) is 30.0. The summed E-state index contributed by atoms with van der Waals surface area (Å²) in [6.45, 7) is 12.4. The normalized spacial score (nSPS) is 23.5. The van der Waals surface area contributed by atoms with Crippen LogP contribution in [0.2, 0.25) is 0 Å². The standard InChI is InChI=1S/C37H56N4O7/c1-24(25-12-9-8-10-13-25)38-32(42)26-20-27(23-39(22-26)35(45)48-36(2,3)4)33(43)41(28-14-15-28)29-16-17-31-30(21-29)40(18-11-19-46-7)34(44)37(5,6)47-31/h16-17,21,24-28H,8-15,18-20,22-23H2,1-7H3,(H,38,42)/t24-,26-,27+/m0/s1. The first-order valence-electron chi connectivity index (χ1n) is 17.9. The molecule has 3 fully saturated rings. The molecule has 266 valence electrons. The van der Waals surface area contributed by atoms with Crippen LogP contribution in [0.1, 0.15) is 99.3 Å². The number of nitrogens with zero attached hydrogens (tertiary/aromatic N) is 3. The zero-order valence-corrected chi connectivity index (χ0v) is 30.0. The second-order valence-electron chi connectivity index (χ2n) is 15.7. The van der Waals surface area contributed by atoms with Crippen molar-refractivity contribution in [2.45, 2.75) is 123 Å². The van der Waals surface area contributed by atoms with E-state index in [4.69, 9.17) is 14.2 Å². The SMILES string of the molecule is COCCCN1C(=O)C(C)(C)Oc2ccc(N(C(=O)[C@@H]3C[C@H](C(=O)N[C@@H](C)C4CCCCC4)CN(C(=O)OC(C)(C)C)C3)C3CC3)cc21. The predicted molar refractivity (Wildman–Crippen MR) is 184 cm³/mol. The number of hydrogen-bond donors (Lipinski definition) is 1. The number of anilines is 2. The van der Waals surface area contributed by atoms with Crippen LogP contribution in [0.15, 0.2) is 18.2 Å². The van der Waals surface area contributed by atoms with Crippen molar-refractivity contribution >= 4 is 35.2 Å². The molecule has 11 nitrogen and oxygen atoms in total. The van der Waals surface area contributed by atoms with Crippen molar-refractivity contribution in [1.29, 1.82) is 0 Å². The fraction of sp³-hybridized carbons (Fsp3) is 0.730. The third-order valence-electron chi connectivity index (χ3n) is 10.1. The lowest BCUT2D eigenvalue weighted by Crippen LogP contribution is -2.55. The van der Waals surface area contributed by atoms with Crippen LogP contribution in [-0.4, -0.2) is 85.4 Å². The molecule has 2 heterocycles. The van der Waals surface area contributed by atoms with Crippen LogP contribution >= 0.6 is 0 Å². The summed E-state index contributed by atoms with van der Waals surface area (Å²) >= 11 is 0. The Kier molecular flexibility index (Phi) is 11.0. The zero-order chi connectivity index (χ0) is 34.8. The highest BCUT2D eigenvalue weighted by atomic mass is 16.6. The molecule has 1 N–H and O–H groups in total. The van der Waals surface area contributed by atoms with Gasteiger partial charge in [0.05, 0.1) is 17.5 Å². The van der Waals surface area contributed by atoms with Crippen molar-refractivity contribution in [3.63, 3.8) is 0 Å². The Labute approximate surface area is 286 Å². The summed E-state index contributed by atoms with van der Waals surface area (Å²) in [6, 6.07) is 5.62. The Morgan fingerprint density at radius 2 is 1.75 bits per heavy atom. The number of likely N-dealkylation sites (tertiary alicyclic amines) is 1. The molecule has 0 radical (unpaired) electrons. The van der Waals surface area contributed by atoms with Gasteiger partial charge >= 0.3 is 6.09 Å². The third kappa shape index (κ3) is 8.44. The average Bonchev–Trinajstić information content (AvgIpc) is 3.87. The number of fused-ring (bicyclic) bond motifs is 1. The number of piperidine rings is 1. The number of rotatable bonds is 10. The molecule has 11 heteroatoms. The molecule has 2 saturated carbocycles. The first kappa shape index (κ1) is 36.0. The minimum absolute atomic E-state index is 0.00430. The molecule has 1 saturated heterocycles. The third-order valence-corrected chi connectivity index (χ3v) is 10.1. The Morgan fingerprint density at radius 3 is 2.40 bits per heavy atom. The molecule has 2 aliphatic heterocycles. The second-order valence-corrected chi connectivity index (χ2v) is 15.7. The minimum Gasteiger partial charge on any atom is -0.476 e. The highest BCUT2D eigenvalue weighted by Crippen LogP contribution is 2.43. The van der Waals surface area contributed by atoms with Crippen molar-refractivity contribution in [3.05, 3.63) is 18.2 Å². The molecule has 1 aromatic carbocycles. The van der Waals surface area contributed by atoms with Gasteiger partial charge in [0, 0.05) is 51.1 Å². The van der Waals surface area contributed by atoms with Crippen molar-refractivity contribution < 1.29 is 33.4 Å². The van der Waals surface area contributed by atoms with Crippen LogP contribution in [0, 0.1) is 17.8 Å². The molecular weight excluding hydrogens is 612 g/mol. The van der Waals surface area contributed by atoms with Gasteiger partial charge in [-0.3, -0.25) is 14.4 Å². The van der Waals surface area contributed by atoms with E-state index < -0.39 is 29.1 Å². The van der Waals surface area contributed by atoms with Gasteiger partial charge < -0.3 is 34.2 Å². The Balaban J connectivity index is 1.41. The number of methoxy groups -OCH3 is 1. The van der Waals surface area contributed by atoms with Crippen LogP contribution in [0.3, 0.4) is 0 Å². The maximum absolute atomic E-state index is 14.6. The molecule has 2 aliphatic carbocycles. The van der Waals surface area contributed by atoms with E-state index in [0.29, 0.717) is 49.0 Å². The highest BCUT2D eigenvalue weighted by Gasteiger charge is 2.45. The van der Waals surface area contributed by atoms with E-state index in [-0.39, 0.29) is 42.9 Å². The molecule has 0 unspecified atom stereocenters. The fourth-order valence-electron chi connectivity index (χ4n) is 7.38. The fourth-order valence-corrected chi connectivity index (χ4v) is 7.38. The summed E-state index contributed by atoms with van der Waals surface area (Å²) in [5.41, 5.74) is -0.437. The van der Waals surface area contributed by atoms with Crippen LogP contribution in [0.25, 0.3) is 0 Å². The molecule has 0 bridgehead atoms. The van der Waals surface area contributed by atoms with Crippen molar-refractivity contribution in [1.82, 2.24) is 10.2 Å². The maximum atomic E-state index is 14.6. The first-order chi connectivity index (χ1) is 22.7. The monoisotopic (exact) mass is 668 g/mol. The molecule has 4 amide bonds. The van der Waals surface area contributed by atoms with Gasteiger partial charge in [-0.1, -0.05) is 19.3 Å². The lowest BCUT2D eigenvalue weighted by Gasteiger charge is -2.41. The molecular formula is C37H56N4O7. The van der Waals surface area contributed by atoms with Gasteiger partial charge in [-0.25, -0.2) is 4.79 Å². The number of benzene rings is 1. The maximum Gasteiger partial charge on any atom is 0.410 e. The quantitative estimate of drug-likeness (QED) is 0.319. The summed E-state index contributed by atoms with van der Waals surface area (Å²) in [5.74, 6) is -0.506. The number of hydrogen-bond acceptors (Lipinski definition) is 7. The van der Waals surface area contributed by atoms with Crippen LogP contribution in [0.4, 0.5) is 16.2 Å². The van der Waals surface area contributed by atoms with Gasteiger partial charge in [0.1, 0.15) is 11.4 Å². The Bertz CT molecular complexity index is 1350. The van der Waals surface area contributed by atoms with Gasteiger partial charge in [-0.15, -0.1) is 0 Å². The number of carbonyl (C=O) groups excluding carboxylic acids is 4. The molecule has 1 aromatic rings. The molecule has 3 atom stereocenters. The summed E-state index contributed by atoms with van der Waals surface area (Å²) in [7, 11) is 1.64. The number of nitrogens with one attached hydrogen (secondary N) is 1. The van der Waals surface area contributed by atoms with E-state index in [1.165, 1.54) is 24.2 Å². The van der Waals surface area contributed by atoms with E-state index in [9.17, 15) is 19.2 Å². The van der Waals surface area contributed by atoms with Gasteiger partial charge in [0.15, 0.2) is 5.60 Å². The lowest BCUT2D eigenvalue weighted by atomic mass is 9.83. The average molecular weight is 669 g/mol. The van der Waals surface area contributed by atoms with E-state index in [1.54, 1.807) is 25.9 Å². The van der Waals surface area contributed by atoms with Gasteiger partial charge in [0.25, 0.3) is 5.91 Å². The van der Waals surface area contributed by atoms with Crippen LogP contribution in [-0.2, 0) is 23.9 Å². The largest absolute Gasteiger partial charge is 0.476 e. The topological polar surface area (TPSA) is 118 Å². The molecule has 0 aromatic heterocycles. The van der Waals surface area contributed by atoms with Crippen molar-refractivity contribution in [2.24, 2.45) is 17.8 Å².